The van der Waals surface area contributed by atoms with Crippen LogP contribution < -0.4 is 5.32 Å². The first kappa shape index (κ1) is 15.5. The van der Waals surface area contributed by atoms with Crippen molar-refractivity contribution in [2.75, 3.05) is 6.54 Å². The van der Waals surface area contributed by atoms with Crippen LogP contribution in [0, 0.1) is 0 Å². The van der Waals surface area contributed by atoms with Gasteiger partial charge in [-0.1, -0.05) is 0 Å². The number of aromatic nitrogens is 1. The highest BCUT2D eigenvalue weighted by Gasteiger charge is 2.34. The summed E-state index contributed by atoms with van der Waals surface area (Å²) in [6, 6.07) is 1.03. The van der Waals surface area contributed by atoms with Gasteiger partial charge in [0.25, 0.3) is 0 Å². The van der Waals surface area contributed by atoms with Crippen LogP contribution in [0.3, 0.4) is 0 Å². The summed E-state index contributed by atoms with van der Waals surface area (Å²) >= 11 is 0. The number of nitrogens with zero attached hydrogens (tertiary/aromatic N) is 1. The first-order valence-corrected chi connectivity index (χ1v) is 4.33. The minimum absolute atomic E-state index is 0. The number of pyridine rings is 1. The molecule has 1 aromatic heterocycles. The van der Waals surface area contributed by atoms with Crippen LogP contribution in [0.25, 0.3) is 0 Å². The van der Waals surface area contributed by atoms with E-state index in [1.165, 1.54) is 6.20 Å². The summed E-state index contributed by atoms with van der Waals surface area (Å²) in [6.45, 7) is 0.958. The number of hydrogen-bond acceptors (Lipinski definition) is 2. The van der Waals surface area contributed by atoms with Crippen molar-refractivity contribution in [3.05, 3.63) is 29.1 Å². The minimum atomic E-state index is -4.27. The molecule has 2 nitrogen and oxygen atoms in total. The second-order valence-corrected chi connectivity index (χ2v) is 3.21. The van der Waals surface area contributed by atoms with E-state index >= 15 is 0 Å². The van der Waals surface area contributed by atoms with E-state index in [1.54, 1.807) is 0 Å². The Labute approximate surface area is 103 Å². The Morgan fingerprint density at radius 3 is 2.56 bits per heavy atom. The molecular weight excluding hydrogens is 264 g/mol. The van der Waals surface area contributed by atoms with Crippen molar-refractivity contribution in [2.45, 2.75) is 19.1 Å². The van der Waals surface area contributed by atoms with Gasteiger partial charge in [-0.2, -0.15) is 13.2 Å². The van der Waals surface area contributed by atoms with Crippen molar-refractivity contribution in [1.29, 1.82) is 0 Å². The summed E-state index contributed by atoms with van der Waals surface area (Å²) in [5, 5.41) is 2.91. The summed E-state index contributed by atoms with van der Waals surface area (Å²) in [7, 11) is 0. The highest BCUT2D eigenvalue weighted by Crippen LogP contribution is 2.33. The molecule has 1 aliphatic rings. The highest BCUT2D eigenvalue weighted by molar-refractivity contribution is 5.85. The Morgan fingerprint density at radius 1 is 1.25 bits per heavy atom. The second-order valence-electron chi connectivity index (χ2n) is 3.21. The molecular formula is C9H11Cl2F3N2. The maximum atomic E-state index is 12.5. The van der Waals surface area contributed by atoms with Crippen LogP contribution >= 0.6 is 24.8 Å². The first-order chi connectivity index (χ1) is 6.59. The number of halogens is 5. The Morgan fingerprint density at radius 2 is 1.94 bits per heavy atom. The molecule has 0 saturated carbocycles. The lowest BCUT2D eigenvalue weighted by molar-refractivity contribution is -0.138. The van der Waals surface area contributed by atoms with Gasteiger partial charge in [0.2, 0.25) is 0 Å². The second kappa shape index (κ2) is 5.70. The third kappa shape index (κ3) is 2.99. The molecule has 0 fully saturated rings. The summed E-state index contributed by atoms with van der Waals surface area (Å²) in [5.74, 6) is 0. The molecule has 0 amide bonds. The van der Waals surface area contributed by atoms with E-state index in [9.17, 15) is 13.2 Å². The zero-order valence-corrected chi connectivity index (χ0v) is 9.81. The fraction of sp³-hybridized carbons (Fsp3) is 0.444. The molecule has 1 aromatic rings. The van der Waals surface area contributed by atoms with E-state index in [-0.39, 0.29) is 31.4 Å². The van der Waals surface area contributed by atoms with Gasteiger partial charge in [-0.25, -0.2) is 0 Å². The highest BCUT2D eigenvalue weighted by atomic mass is 35.5. The van der Waals surface area contributed by atoms with Gasteiger partial charge in [0.15, 0.2) is 0 Å². The molecule has 0 unspecified atom stereocenters. The lowest BCUT2D eigenvalue weighted by Crippen LogP contribution is -2.27. The molecule has 2 heterocycles. The lowest BCUT2D eigenvalue weighted by Gasteiger charge is -2.20. The van der Waals surface area contributed by atoms with Gasteiger partial charge in [0.05, 0.1) is 5.56 Å². The Kier molecular flexibility index (Phi) is 5.52. The molecule has 16 heavy (non-hydrogen) atoms. The zero-order chi connectivity index (χ0) is 10.2. The van der Waals surface area contributed by atoms with Gasteiger partial charge >= 0.3 is 6.18 Å². The Balaban J connectivity index is 0.00000112. The smallest absolute Gasteiger partial charge is 0.312 e. The van der Waals surface area contributed by atoms with Gasteiger partial charge in [0.1, 0.15) is 0 Å². The van der Waals surface area contributed by atoms with Crippen molar-refractivity contribution in [2.24, 2.45) is 0 Å². The fourth-order valence-electron chi connectivity index (χ4n) is 1.63. The van der Waals surface area contributed by atoms with Crippen molar-refractivity contribution in [1.82, 2.24) is 10.3 Å². The molecule has 1 aliphatic heterocycles. The topological polar surface area (TPSA) is 24.9 Å². The molecule has 0 radical (unpaired) electrons. The Bertz CT molecular complexity index is 355. The predicted molar refractivity (Wildman–Crippen MR) is 59.1 cm³/mol. The van der Waals surface area contributed by atoms with E-state index < -0.39 is 11.7 Å². The van der Waals surface area contributed by atoms with Crippen LogP contribution in [0.1, 0.15) is 16.8 Å². The minimum Gasteiger partial charge on any atom is -0.312 e. The maximum Gasteiger partial charge on any atom is 0.416 e. The largest absolute Gasteiger partial charge is 0.416 e. The average Bonchev–Trinajstić information content (AvgIpc) is 2.15. The molecule has 0 saturated heterocycles. The number of nitrogens with one attached hydrogen (secondary N) is 1. The van der Waals surface area contributed by atoms with Gasteiger partial charge in [-0.15, -0.1) is 24.8 Å². The number of fused-ring (bicyclic) bond motifs is 1. The van der Waals surface area contributed by atoms with Crippen molar-refractivity contribution in [3.63, 3.8) is 0 Å². The maximum absolute atomic E-state index is 12.5. The van der Waals surface area contributed by atoms with E-state index in [4.69, 9.17) is 0 Å². The van der Waals surface area contributed by atoms with E-state index in [0.29, 0.717) is 24.2 Å². The summed E-state index contributed by atoms with van der Waals surface area (Å²) in [5.41, 5.74) is 0.305. The molecule has 92 valence electrons. The van der Waals surface area contributed by atoms with Crippen LogP contribution in [0.4, 0.5) is 13.2 Å². The fourth-order valence-corrected chi connectivity index (χ4v) is 1.63. The van der Waals surface area contributed by atoms with E-state index in [2.05, 4.69) is 10.3 Å². The van der Waals surface area contributed by atoms with Crippen molar-refractivity contribution in [3.8, 4) is 0 Å². The summed E-state index contributed by atoms with van der Waals surface area (Å²) in [6.07, 6.45) is -2.47. The lowest BCUT2D eigenvalue weighted by atomic mass is 10.0. The van der Waals surface area contributed by atoms with Crippen LogP contribution in [0.2, 0.25) is 0 Å². The van der Waals surface area contributed by atoms with E-state index in [1.807, 2.05) is 0 Å². The van der Waals surface area contributed by atoms with Crippen molar-refractivity contribution >= 4 is 24.8 Å². The molecule has 0 bridgehead atoms. The molecule has 0 aliphatic carbocycles. The molecule has 2 rings (SSSR count). The van der Waals surface area contributed by atoms with Crippen LogP contribution in [-0.2, 0) is 19.1 Å². The monoisotopic (exact) mass is 274 g/mol. The van der Waals surface area contributed by atoms with Gasteiger partial charge in [0, 0.05) is 31.4 Å². The summed E-state index contributed by atoms with van der Waals surface area (Å²) < 4.78 is 37.6. The number of hydrogen-bond donors (Lipinski definition) is 1. The molecule has 0 aromatic carbocycles. The standard InChI is InChI=1S/C9H9F3N2.2ClH/c10-9(11,12)7-1-4-14-8-2-3-13-5-6(7)8;;/h1,4,13H,2-3,5H2;2*1H. The number of rotatable bonds is 0. The van der Waals surface area contributed by atoms with Gasteiger partial charge in [-0.05, 0) is 11.6 Å². The third-order valence-corrected chi connectivity index (χ3v) is 2.29. The predicted octanol–water partition coefficient (Wildman–Crippen LogP) is 2.59. The van der Waals surface area contributed by atoms with Crippen LogP contribution in [0.5, 0.6) is 0 Å². The third-order valence-electron chi connectivity index (χ3n) is 2.29. The normalized spacial score (nSPS) is 14.4. The van der Waals surface area contributed by atoms with Gasteiger partial charge in [-0.3, -0.25) is 4.98 Å². The van der Waals surface area contributed by atoms with Crippen molar-refractivity contribution < 1.29 is 13.2 Å². The molecule has 0 spiro atoms. The van der Waals surface area contributed by atoms with E-state index in [0.717, 1.165) is 6.07 Å². The van der Waals surface area contributed by atoms with Gasteiger partial charge < -0.3 is 5.32 Å². The molecule has 1 N–H and O–H groups in total. The molecule has 7 heteroatoms. The first-order valence-electron chi connectivity index (χ1n) is 4.33. The Hall–Kier alpha value is -0.520. The average molecular weight is 275 g/mol. The summed E-state index contributed by atoms with van der Waals surface area (Å²) in [4.78, 5) is 3.95. The zero-order valence-electron chi connectivity index (χ0n) is 8.17. The van der Waals surface area contributed by atoms with Crippen LogP contribution in [-0.4, -0.2) is 11.5 Å². The molecule has 0 atom stereocenters. The van der Waals surface area contributed by atoms with Crippen LogP contribution in [0.15, 0.2) is 12.3 Å². The SMILES string of the molecule is Cl.Cl.FC(F)(F)c1ccnc2c1CNCC2. The number of alkyl halides is 3. The quantitative estimate of drug-likeness (QED) is 0.787.